The maximum atomic E-state index is 12.9. The Bertz CT molecular complexity index is 992. The molecule has 0 saturated carbocycles. The van der Waals surface area contributed by atoms with Crippen LogP contribution in [0.4, 0.5) is 5.69 Å². The molecule has 2 amide bonds. The lowest BCUT2D eigenvalue weighted by Gasteiger charge is -2.33. The number of likely N-dealkylation sites (tertiary alicyclic amines) is 1. The molecule has 2 aliphatic rings. The van der Waals surface area contributed by atoms with Crippen molar-refractivity contribution in [3.05, 3.63) is 42.1 Å². The van der Waals surface area contributed by atoms with Crippen LogP contribution in [0.2, 0.25) is 0 Å². The van der Waals surface area contributed by atoms with Gasteiger partial charge in [0.15, 0.2) is 11.5 Å². The quantitative estimate of drug-likeness (QED) is 0.571. The number of carbonyl (C=O) groups is 2. The Morgan fingerprint density at radius 3 is 2.76 bits per heavy atom. The van der Waals surface area contributed by atoms with Gasteiger partial charge in [0.2, 0.25) is 12.7 Å². The van der Waals surface area contributed by atoms with Crippen molar-refractivity contribution in [1.29, 1.82) is 0 Å². The Balaban J connectivity index is 1.29. The predicted molar refractivity (Wildman–Crippen MR) is 128 cm³/mol. The lowest BCUT2D eigenvalue weighted by atomic mass is 10.0. The van der Waals surface area contributed by atoms with Gasteiger partial charge in [0, 0.05) is 43.6 Å². The van der Waals surface area contributed by atoms with Gasteiger partial charge in [-0.05, 0) is 43.0 Å². The van der Waals surface area contributed by atoms with Crippen molar-refractivity contribution in [3.8, 4) is 11.5 Å². The molecule has 33 heavy (non-hydrogen) atoms. The van der Waals surface area contributed by atoms with E-state index in [0.29, 0.717) is 33.7 Å². The molecule has 3 heterocycles. The summed E-state index contributed by atoms with van der Waals surface area (Å²) in [6.45, 7) is 7.73. The number of carbonyl (C=O) groups excluding carboxylic acids is 2. The van der Waals surface area contributed by atoms with Crippen LogP contribution in [0.5, 0.6) is 11.5 Å². The van der Waals surface area contributed by atoms with Crippen molar-refractivity contribution in [1.82, 2.24) is 15.2 Å². The van der Waals surface area contributed by atoms with Gasteiger partial charge in [0.05, 0.1) is 11.3 Å². The van der Waals surface area contributed by atoms with Crippen LogP contribution < -0.4 is 20.1 Å². The number of hydrogen-bond donors (Lipinski definition) is 2. The molecule has 0 radical (unpaired) electrons. The van der Waals surface area contributed by atoms with E-state index < -0.39 is 0 Å². The van der Waals surface area contributed by atoms with Crippen LogP contribution >= 0.6 is 11.8 Å². The number of benzene rings is 1. The van der Waals surface area contributed by atoms with Crippen molar-refractivity contribution < 1.29 is 19.1 Å². The second-order valence-electron chi connectivity index (χ2n) is 8.70. The van der Waals surface area contributed by atoms with Crippen LogP contribution in [0.3, 0.4) is 0 Å². The zero-order chi connectivity index (χ0) is 23.2. The standard InChI is InChI=1S/C24H30N4O4S/c1-16(2)13-28-10-7-17(8-11-28)27-23(30)19-4-3-9-25-24(19)33-14-22(29)26-18-5-6-20-21(12-18)32-15-31-20/h3-6,9,12,16-17H,7-8,10-11,13-15H2,1-2H3,(H,26,29)(H,27,30). The third-order valence-corrected chi connectivity index (χ3v) is 6.56. The molecule has 0 spiro atoms. The molecular weight excluding hydrogens is 440 g/mol. The number of aromatic nitrogens is 1. The minimum atomic E-state index is -0.187. The Morgan fingerprint density at radius 2 is 1.97 bits per heavy atom. The van der Waals surface area contributed by atoms with Crippen LogP contribution in [0.25, 0.3) is 0 Å². The van der Waals surface area contributed by atoms with Crippen molar-refractivity contribution in [2.45, 2.75) is 37.8 Å². The molecule has 1 aromatic heterocycles. The fourth-order valence-corrected chi connectivity index (χ4v) is 4.81. The molecular formula is C24H30N4O4S. The highest BCUT2D eigenvalue weighted by molar-refractivity contribution is 8.00. The van der Waals surface area contributed by atoms with Crippen LogP contribution in [0, 0.1) is 5.92 Å². The number of piperidine rings is 1. The summed E-state index contributed by atoms with van der Waals surface area (Å²) in [6, 6.07) is 8.93. The summed E-state index contributed by atoms with van der Waals surface area (Å²) in [5.41, 5.74) is 1.13. The van der Waals surface area contributed by atoms with E-state index in [1.807, 2.05) is 0 Å². The largest absolute Gasteiger partial charge is 0.454 e. The zero-order valence-corrected chi connectivity index (χ0v) is 19.8. The topological polar surface area (TPSA) is 92.8 Å². The Labute approximate surface area is 198 Å². The first-order chi connectivity index (χ1) is 16.0. The summed E-state index contributed by atoms with van der Waals surface area (Å²) in [5, 5.41) is 6.55. The Morgan fingerprint density at radius 1 is 1.18 bits per heavy atom. The van der Waals surface area contributed by atoms with E-state index in [2.05, 4.69) is 34.4 Å². The lowest BCUT2D eigenvalue weighted by molar-refractivity contribution is -0.113. The Kier molecular flexibility index (Phi) is 7.72. The molecule has 9 heteroatoms. The average Bonchev–Trinajstić information content (AvgIpc) is 3.27. The van der Waals surface area contributed by atoms with Crippen molar-refractivity contribution in [2.24, 2.45) is 5.92 Å². The molecule has 0 aliphatic carbocycles. The van der Waals surface area contributed by atoms with E-state index in [0.717, 1.165) is 32.5 Å². The number of nitrogens with one attached hydrogen (secondary N) is 2. The number of anilines is 1. The second kappa shape index (κ2) is 10.9. The fraction of sp³-hybridized carbons (Fsp3) is 0.458. The van der Waals surface area contributed by atoms with Gasteiger partial charge < -0.3 is 25.0 Å². The molecule has 1 fully saturated rings. The second-order valence-corrected chi connectivity index (χ2v) is 9.67. The van der Waals surface area contributed by atoms with Gasteiger partial charge in [0.1, 0.15) is 5.03 Å². The van der Waals surface area contributed by atoms with Crippen molar-refractivity contribution in [2.75, 3.05) is 37.5 Å². The monoisotopic (exact) mass is 470 g/mol. The third-order valence-electron chi connectivity index (χ3n) is 5.56. The normalized spacial score (nSPS) is 16.1. The van der Waals surface area contributed by atoms with Gasteiger partial charge >= 0.3 is 0 Å². The predicted octanol–water partition coefficient (Wildman–Crippen LogP) is 3.39. The molecule has 0 atom stereocenters. The molecule has 0 unspecified atom stereocenters. The summed E-state index contributed by atoms with van der Waals surface area (Å²) in [7, 11) is 0. The van der Waals surface area contributed by atoms with Gasteiger partial charge in [0.25, 0.3) is 5.91 Å². The Hall–Kier alpha value is -2.78. The van der Waals surface area contributed by atoms with Crippen molar-refractivity contribution in [3.63, 3.8) is 0 Å². The highest BCUT2D eigenvalue weighted by atomic mass is 32.2. The van der Waals surface area contributed by atoms with Crippen LogP contribution in [0.15, 0.2) is 41.6 Å². The number of amides is 2. The van der Waals surface area contributed by atoms with E-state index >= 15 is 0 Å². The van der Waals surface area contributed by atoms with Crippen LogP contribution in [-0.2, 0) is 4.79 Å². The maximum Gasteiger partial charge on any atom is 0.254 e. The molecule has 0 bridgehead atoms. The molecule has 1 aromatic carbocycles. The van der Waals surface area contributed by atoms with E-state index in [1.54, 1.807) is 36.5 Å². The number of hydrogen-bond acceptors (Lipinski definition) is 7. The van der Waals surface area contributed by atoms with E-state index in [4.69, 9.17) is 9.47 Å². The number of rotatable bonds is 8. The molecule has 4 rings (SSSR count). The minimum absolute atomic E-state index is 0.135. The number of thioether (sulfide) groups is 1. The summed E-state index contributed by atoms with van der Waals surface area (Å²) in [4.78, 5) is 32.2. The number of nitrogens with zero attached hydrogens (tertiary/aromatic N) is 2. The minimum Gasteiger partial charge on any atom is -0.454 e. The molecule has 2 aromatic rings. The van der Waals surface area contributed by atoms with E-state index in [9.17, 15) is 9.59 Å². The number of ether oxygens (including phenoxy) is 2. The van der Waals surface area contributed by atoms with Gasteiger partial charge in [-0.15, -0.1) is 0 Å². The van der Waals surface area contributed by atoms with E-state index in [-0.39, 0.29) is 30.4 Å². The summed E-state index contributed by atoms with van der Waals surface area (Å²) < 4.78 is 10.6. The maximum absolute atomic E-state index is 12.9. The van der Waals surface area contributed by atoms with Gasteiger partial charge in [-0.3, -0.25) is 9.59 Å². The fourth-order valence-electron chi connectivity index (χ4n) is 4.02. The van der Waals surface area contributed by atoms with Gasteiger partial charge in [-0.2, -0.15) is 0 Å². The summed E-state index contributed by atoms with van der Waals surface area (Å²) in [6.07, 6.45) is 3.53. The summed E-state index contributed by atoms with van der Waals surface area (Å²) >= 11 is 1.25. The molecule has 2 N–H and O–H groups in total. The van der Waals surface area contributed by atoms with E-state index in [1.165, 1.54) is 11.8 Å². The summed E-state index contributed by atoms with van der Waals surface area (Å²) in [5.74, 6) is 1.74. The average molecular weight is 471 g/mol. The first-order valence-electron chi connectivity index (χ1n) is 11.3. The molecule has 2 aliphatic heterocycles. The lowest BCUT2D eigenvalue weighted by Crippen LogP contribution is -2.45. The first kappa shape index (κ1) is 23.4. The van der Waals surface area contributed by atoms with Crippen LogP contribution in [-0.4, -0.2) is 59.9 Å². The smallest absolute Gasteiger partial charge is 0.254 e. The molecule has 1 saturated heterocycles. The third kappa shape index (κ3) is 6.39. The molecule has 176 valence electrons. The highest BCUT2D eigenvalue weighted by Gasteiger charge is 2.23. The van der Waals surface area contributed by atoms with Gasteiger partial charge in [-0.25, -0.2) is 4.98 Å². The number of fused-ring (bicyclic) bond motifs is 1. The van der Waals surface area contributed by atoms with Gasteiger partial charge in [-0.1, -0.05) is 25.6 Å². The zero-order valence-electron chi connectivity index (χ0n) is 19.0. The first-order valence-corrected chi connectivity index (χ1v) is 12.3. The molecule has 8 nitrogen and oxygen atoms in total. The highest BCUT2D eigenvalue weighted by Crippen LogP contribution is 2.34. The number of pyridine rings is 1. The van der Waals surface area contributed by atoms with Crippen molar-refractivity contribution >= 4 is 29.3 Å². The SMILES string of the molecule is CC(C)CN1CCC(NC(=O)c2cccnc2SCC(=O)Nc2ccc3c(c2)OCO3)CC1. The van der Waals surface area contributed by atoms with Crippen LogP contribution in [0.1, 0.15) is 37.0 Å².